The number of rotatable bonds is 1. The summed E-state index contributed by atoms with van der Waals surface area (Å²) in [7, 11) is -1.52. The van der Waals surface area contributed by atoms with Gasteiger partial charge < -0.3 is 27.5 Å². The molecule has 2 saturated heterocycles. The Kier molecular flexibility index (Phi) is 4.89. The van der Waals surface area contributed by atoms with E-state index in [2.05, 4.69) is 0 Å². The average molecular weight is 270 g/mol. The van der Waals surface area contributed by atoms with Crippen LogP contribution in [0.4, 0.5) is 0 Å². The highest BCUT2D eigenvalue weighted by Crippen LogP contribution is 2.50. The van der Waals surface area contributed by atoms with Crippen LogP contribution in [0.15, 0.2) is 0 Å². The van der Waals surface area contributed by atoms with Crippen LogP contribution in [0.1, 0.15) is 19.3 Å². The Balaban J connectivity index is 1.94. The minimum Gasteiger partial charge on any atom is -0.328 e. The monoisotopic (exact) mass is 270 g/mol. The molecule has 2 aliphatic rings. The van der Waals surface area contributed by atoms with Gasteiger partial charge in [0.25, 0.3) is 0 Å². The van der Waals surface area contributed by atoms with Crippen LogP contribution in [-0.2, 0) is 22.6 Å². The Hall–Kier alpha value is 0.620. The summed E-state index contributed by atoms with van der Waals surface area (Å²) >= 11 is 0. The van der Waals surface area contributed by atoms with E-state index in [1.807, 2.05) is 0 Å². The van der Waals surface area contributed by atoms with Gasteiger partial charge in [-0.15, -0.1) is 0 Å². The third-order valence-corrected chi connectivity index (χ3v) is 4.44. The second kappa shape index (κ2) is 5.98. The topological polar surface area (TPSA) is 66.4 Å². The molecule has 2 rings (SSSR count). The summed E-state index contributed by atoms with van der Waals surface area (Å²) in [4.78, 5) is 9.54. The quantitative estimate of drug-likeness (QED) is 0.736. The standard InChI is InChI=1S/C8H16O6P2/c1-10-16-12-6-8(7-13-16)4-2-3-5-11-15(9)14-8/h9H,2-7H2,1H3. The van der Waals surface area contributed by atoms with Crippen LogP contribution in [-0.4, -0.2) is 37.4 Å². The predicted molar refractivity (Wildman–Crippen MR) is 58.6 cm³/mol. The number of hydrogen-bond acceptors (Lipinski definition) is 6. The van der Waals surface area contributed by atoms with E-state index in [-0.39, 0.29) is 0 Å². The second-order valence-electron chi connectivity index (χ2n) is 3.76. The van der Waals surface area contributed by atoms with Crippen LogP contribution in [0, 0.1) is 0 Å². The van der Waals surface area contributed by atoms with E-state index < -0.39 is 22.8 Å². The van der Waals surface area contributed by atoms with Crippen molar-refractivity contribution in [2.45, 2.75) is 24.9 Å². The Morgan fingerprint density at radius 3 is 2.62 bits per heavy atom. The molecule has 6 nitrogen and oxygen atoms in total. The van der Waals surface area contributed by atoms with Gasteiger partial charge in [0.15, 0.2) is 0 Å². The molecule has 0 saturated carbocycles. The first-order valence-corrected chi connectivity index (χ1v) is 7.38. The summed E-state index contributed by atoms with van der Waals surface area (Å²) in [6, 6.07) is 0. The van der Waals surface area contributed by atoms with Gasteiger partial charge in [-0.25, -0.2) is 0 Å². The molecule has 2 fully saturated rings. The summed E-state index contributed by atoms with van der Waals surface area (Å²) in [5, 5.41) is 0. The van der Waals surface area contributed by atoms with Crippen LogP contribution in [0.25, 0.3) is 0 Å². The average Bonchev–Trinajstić information content (AvgIpc) is 2.27. The van der Waals surface area contributed by atoms with Gasteiger partial charge in [0.2, 0.25) is 0 Å². The first-order chi connectivity index (χ1) is 7.74. The summed E-state index contributed by atoms with van der Waals surface area (Å²) in [6.45, 7) is 1.31. The van der Waals surface area contributed by atoms with Crippen molar-refractivity contribution in [3.63, 3.8) is 0 Å². The molecule has 1 spiro atoms. The highest BCUT2D eigenvalue weighted by atomic mass is 31.2. The molecule has 94 valence electrons. The fourth-order valence-corrected chi connectivity index (χ4v) is 3.48. The van der Waals surface area contributed by atoms with Crippen molar-refractivity contribution in [1.82, 2.24) is 0 Å². The van der Waals surface area contributed by atoms with Gasteiger partial charge in [0.05, 0.1) is 19.8 Å². The number of hydrogen-bond donors (Lipinski definition) is 1. The van der Waals surface area contributed by atoms with E-state index in [4.69, 9.17) is 22.6 Å². The molecule has 0 radical (unpaired) electrons. The minimum absolute atomic E-state index is 0.384. The van der Waals surface area contributed by atoms with Crippen LogP contribution in [0.3, 0.4) is 0 Å². The maximum atomic E-state index is 9.54. The van der Waals surface area contributed by atoms with Crippen molar-refractivity contribution in [2.24, 2.45) is 0 Å². The van der Waals surface area contributed by atoms with E-state index in [1.165, 1.54) is 0 Å². The molecule has 8 heteroatoms. The van der Waals surface area contributed by atoms with Crippen molar-refractivity contribution >= 4 is 17.2 Å². The van der Waals surface area contributed by atoms with Crippen molar-refractivity contribution in [3.8, 4) is 0 Å². The smallest absolute Gasteiger partial charge is 0.328 e. The van der Waals surface area contributed by atoms with Crippen LogP contribution < -0.4 is 0 Å². The third-order valence-electron chi connectivity index (χ3n) is 2.52. The SMILES string of the molecule is COP1OCC2(CCCCOP(O)O2)CO1. The molecule has 16 heavy (non-hydrogen) atoms. The summed E-state index contributed by atoms with van der Waals surface area (Å²) in [6.07, 6.45) is 2.70. The van der Waals surface area contributed by atoms with Crippen molar-refractivity contribution < 1.29 is 27.5 Å². The molecule has 0 aromatic carbocycles. The van der Waals surface area contributed by atoms with Crippen LogP contribution in [0.2, 0.25) is 0 Å². The normalized spacial score (nSPS) is 41.6. The van der Waals surface area contributed by atoms with Gasteiger partial charge in [-0.3, -0.25) is 0 Å². The zero-order valence-electron chi connectivity index (χ0n) is 9.13. The van der Waals surface area contributed by atoms with E-state index in [9.17, 15) is 4.89 Å². The van der Waals surface area contributed by atoms with Crippen LogP contribution in [0.5, 0.6) is 0 Å². The fourth-order valence-electron chi connectivity index (χ4n) is 1.65. The first-order valence-electron chi connectivity index (χ1n) is 5.15. The molecule has 2 heterocycles. The zero-order valence-corrected chi connectivity index (χ0v) is 10.9. The Bertz CT molecular complexity index is 221. The lowest BCUT2D eigenvalue weighted by Gasteiger charge is -2.39. The van der Waals surface area contributed by atoms with Gasteiger partial charge in [-0.2, -0.15) is 0 Å². The molecule has 0 aliphatic carbocycles. The molecular weight excluding hydrogens is 254 g/mol. The molecule has 0 aromatic heterocycles. The first kappa shape index (κ1) is 13.1. The molecule has 2 aliphatic heterocycles. The van der Waals surface area contributed by atoms with Gasteiger partial charge in [-0.05, 0) is 19.3 Å². The maximum Gasteiger partial charge on any atom is 0.332 e. The third kappa shape index (κ3) is 3.31. The summed E-state index contributed by atoms with van der Waals surface area (Å²) in [5.74, 6) is 0. The predicted octanol–water partition coefficient (Wildman–Crippen LogP) is 2.08. The van der Waals surface area contributed by atoms with Crippen molar-refractivity contribution in [2.75, 3.05) is 26.9 Å². The molecule has 1 N–H and O–H groups in total. The minimum atomic E-state index is -1.82. The van der Waals surface area contributed by atoms with Crippen molar-refractivity contribution in [1.29, 1.82) is 0 Å². The van der Waals surface area contributed by atoms with E-state index in [0.29, 0.717) is 19.8 Å². The molecule has 0 bridgehead atoms. The Morgan fingerprint density at radius 1 is 1.19 bits per heavy atom. The summed E-state index contributed by atoms with van der Waals surface area (Å²) < 4.78 is 26.4. The second-order valence-corrected chi connectivity index (χ2v) is 6.00. The zero-order chi connectivity index (χ0) is 11.4. The van der Waals surface area contributed by atoms with Crippen molar-refractivity contribution in [3.05, 3.63) is 0 Å². The fraction of sp³-hybridized carbons (Fsp3) is 1.00. The van der Waals surface area contributed by atoms with Gasteiger partial charge in [0.1, 0.15) is 5.60 Å². The molecular formula is C8H16O6P2. The lowest BCUT2D eigenvalue weighted by atomic mass is 9.99. The lowest BCUT2D eigenvalue weighted by Crippen LogP contribution is -2.44. The molecule has 0 amide bonds. The largest absolute Gasteiger partial charge is 0.332 e. The lowest BCUT2D eigenvalue weighted by molar-refractivity contribution is -0.0761. The van der Waals surface area contributed by atoms with Gasteiger partial charge in [-0.1, -0.05) is 0 Å². The van der Waals surface area contributed by atoms with E-state index in [1.54, 1.807) is 7.11 Å². The Labute approximate surface area is 97.2 Å². The highest BCUT2D eigenvalue weighted by Gasteiger charge is 2.42. The van der Waals surface area contributed by atoms with E-state index >= 15 is 0 Å². The molecule has 0 aromatic rings. The van der Waals surface area contributed by atoms with E-state index in [0.717, 1.165) is 19.3 Å². The summed E-state index contributed by atoms with van der Waals surface area (Å²) in [5.41, 5.74) is -0.571. The molecule has 1 unspecified atom stereocenters. The van der Waals surface area contributed by atoms with Gasteiger partial charge >= 0.3 is 17.2 Å². The van der Waals surface area contributed by atoms with Crippen LogP contribution >= 0.6 is 17.2 Å². The van der Waals surface area contributed by atoms with Gasteiger partial charge in [0, 0.05) is 7.11 Å². The molecule has 1 atom stereocenters. The highest BCUT2D eigenvalue weighted by molar-refractivity contribution is 7.41. The Morgan fingerprint density at radius 2 is 1.94 bits per heavy atom. The maximum absolute atomic E-state index is 9.54.